The first-order valence-electron chi connectivity index (χ1n) is 5.42. The molecule has 0 aromatic heterocycles. The molecule has 1 aromatic carbocycles. The number of rotatable bonds is 3. The zero-order chi connectivity index (χ0) is 11.5. The van der Waals surface area contributed by atoms with Gasteiger partial charge in [-0.2, -0.15) is 0 Å². The van der Waals surface area contributed by atoms with Crippen LogP contribution < -0.4 is 5.73 Å². The predicted octanol–water partition coefficient (Wildman–Crippen LogP) is 3.56. The molecule has 1 nitrogen and oxygen atoms in total. The summed E-state index contributed by atoms with van der Waals surface area (Å²) in [5.74, 6) is 0. The molecule has 0 aliphatic rings. The molecule has 15 heavy (non-hydrogen) atoms. The Labute approximate surface area is 93.0 Å². The lowest BCUT2D eigenvalue weighted by Crippen LogP contribution is -2.13. The molecule has 1 unspecified atom stereocenters. The smallest absolute Gasteiger partial charge is 0.0329 e. The van der Waals surface area contributed by atoms with E-state index in [9.17, 15) is 0 Å². The third-order valence-electron chi connectivity index (χ3n) is 2.63. The van der Waals surface area contributed by atoms with Gasteiger partial charge in [0, 0.05) is 6.04 Å². The summed E-state index contributed by atoms with van der Waals surface area (Å²) < 4.78 is 0. The first-order valence-corrected chi connectivity index (χ1v) is 5.42. The molecule has 0 aliphatic heterocycles. The minimum atomic E-state index is 0.0801. The fraction of sp³-hybridized carbons (Fsp3) is 0.429. The van der Waals surface area contributed by atoms with Gasteiger partial charge in [-0.05, 0) is 23.0 Å². The third kappa shape index (κ3) is 3.21. The predicted molar refractivity (Wildman–Crippen MR) is 66.9 cm³/mol. The zero-order valence-corrected chi connectivity index (χ0v) is 9.96. The van der Waals surface area contributed by atoms with Crippen LogP contribution in [0, 0.1) is 0 Å². The fourth-order valence-corrected chi connectivity index (χ4v) is 1.55. The van der Waals surface area contributed by atoms with Crippen LogP contribution in [0.5, 0.6) is 0 Å². The highest BCUT2D eigenvalue weighted by Gasteiger charge is 2.13. The van der Waals surface area contributed by atoms with E-state index in [1.807, 2.05) is 6.08 Å². The molecule has 0 saturated heterocycles. The van der Waals surface area contributed by atoms with Gasteiger partial charge >= 0.3 is 0 Å². The molecule has 1 rings (SSSR count). The van der Waals surface area contributed by atoms with Gasteiger partial charge in [-0.15, -0.1) is 6.58 Å². The molecule has 0 amide bonds. The van der Waals surface area contributed by atoms with Gasteiger partial charge in [0.1, 0.15) is 0 Å². The van der Waals surface area contributed by atoms with Gasteiger partial charge in [0.2, 0.25) is 0 Å². The van der Waals surface area contributed by atoms with E-state index in [0.29, 0.717) is 0 Å². The Morgan fingerprint density at radius 2 is 1.80 bits per heavy atom. The van der Waals surface area contributed by atoms with Crippen LogP contribution in [0.4, 0.5) is 0 Å². The molecule has 0 bridgehead atoms. The largest absolute Gasteiger partial charge is 0.324 e. The van der Waals surface area contributed by atoms with E-state index in [2.05, 4.69) is 51.6 Å². The monoisotopic (exact) mass is 203 g/mol. The van der Waals surface area contributed by atoms with Crippen molar-refractivity contribution in [3.05, 3.63) is 48.0 Å². The lowest BCUT2D eigenvalue weighted by Gasteiger charge is -2.20. The molecule has 0 radical (unpaired) electrons. The SMILES string of the molecule is C=CCC(N)c1ccc(C(C)(C)C)cc1. The molecule has 1 atom stereocenters. The van der Waals surface area contributed by atoms with Crippen molar-refractivity contribution in [3.8, 4) is 0 Å². The second-order valence-electron chi connectivity index (χ2n) is 5.00. The molecule has 2 N–H and O–H groups in total. The van der Waals surface area contributed by atoms with E-state index >= 15 is 0 Å². The Morgan fingerprint density at radius 1 is 1.27 bits per heavy atom. The van der Waals surface area contributed by atoms with Gasteiger partial charge in [0.25, 0.3) is 0 Å². The Morgan fingerprint density at radius 3 is 2.20 bits per heavy atom. The van der Waals surface area contributed by atoms with Crippen molar-refractivity contribution in [2.45, 2.75) is 38.6 Å². The molecule has 1 aromatic rings. The van der Waals surface area contributed by atoms with Gasteiger partial charge in [-0.1, -0.05) is 51.1 Å². The van der Waals surface area contributed by atoms with E-state index in [1.165, 1.54) is 11.1 Å². The summed E-state index contributed by atoms with van der Waals surface area (Å²) in [4.78, 5) is 0. The molecule has 0 saturated carbocycles. The third-order valence-corrected chi connectivity index (χ3v) is 2.63. The maximum absolute atomic E-state index is 5.99. The van der Waals surface area contributed by atoms with Crippen LogP contribution in [-0.4, -0.2) is 0 Å². The van der Waals surface area contributed by atoms with Crippen molar-refractivity contribution in [1.29, 1.82) is 0 Å². The second kappa shape index (κ2) is 4.63. The minimum Gasteiger partial charge on any atom is -0.324 e. The Kier molecular flexibility index (Phi) is 3.70. The normalized spacial score (nSPS) is 13.6. The Hall–Kier alpha value is -1.08. The summed E-state index contributed by atoms with van der Waals surface area (Å²) in [7, 11) is 0. The van der Waals surface area contributed by atoms with Crippen molar-refractivity contribution in [3.63, 3.8) is 0 Å². The molecule has 0 aliphatic carbocycles. The second-order valence-corrected chi connectivity index (χ2v) is 5.00. The van der Waals surface area contributed by atoms with E-state index in [1.54, 1.807) is 0 Å². The van der Waals surface area contributed by atoms with Crippen LogP contribution in [0.1, 0.15) is 44.4 Å². The van der Waals surface area contributed by atoms with Gasteiger partial charge in [0.05, 0.1) is 0 Å². The van der Waals surface area contributed by atoms with Crippen molar-refractivity contribution in [2.24, 2.45) is 5.73 Å². The molecule has 82 valence electrons. The van der Waals surface area contributed by atoms with E-state index < -0.39 is 0 Å². The first kappa shape index (κ1) is 12.0. The van der Waals surface area contributed by atoms with Gasteiger partial charge in [0.15, 0.2) is 0 Å². The molecule has 0 heterocycles. The summed E-state index contributed by atoms with van der Waals surface area (Å²) in [6.07, 6.45) is 2.69. The van der Waals surface area contributed by atoms with Gasteiger partial charge < -0.3 is 5.73 Å². The molecule has 0 spiro atoms. The minimum absolute atomic E-state index is 0.0801. The van der Waals surface area contributed by atoms with E-state index in [-0.39, 0.29) is 11.5 Å². The average molecular weight is 203 g/mol. The average Bonchev–Trinajstić information content (AvgIpc) is 2.17. The lowest BCUT2D eigenvalue weighted by atomic mass is 9.86. The topological polar surface area (TPSA) is 26.0 Å². The summed E-state index contributed by atoms with van der Waals surface area (Å²) in [5, 5.41) is 0. The number of nitrogens with two attached hydrogens (primary N) is 1. The maximum Gasteiger partial charge on any atom is 0.0329 e. The van der Waals surface area contributed by atoms with Crippen molar-refractivity contribution >= 4 is 0 Å². The highest BCUT2D eigenvalue weighted by Crippen LogP contribution is 2.24. The van der Waals surface area contributed by atoms with Gasteiger partial charge in [-0.25, -0.2) is 0 Å². The molecular weight excluding hydrogens is 182 g/mol. The van der Waals surface area contributed by atoms with E-state index in [0.717, 1.165) is 6.42 Å². The van der Waals surface area contributed by atoms with Crippen molar-refractivity contribution in [1.82, 2.24) is 0 Å². The number of hydrogen-bond donors (Lipinski definition) is 1. The number of hydrogen-bond acceptors (Lipinski definition) is 1. The lowest BCUT2D eigenvalue weighted by molar-refractivity contribution is 0.589. The Balaban J connectivity index is 2.85. The van der Waals surface area contributed by atoms with Crippen LogP contribution in [0.25, 0.3) is 0 Å². The summed E-state index contributed by atoms with van der Waals surface area (Å²) in [6.45, 7) is 10.3. The summed E-state index contributed by atoms with van der Waals surface area (Å²) >= 11 is 0. The van der Waals surface area contributed by atoms with Crippen LogP contribution in [0.3, 0.4) is 0 Å². The fourth-order valence-electron chi connectivity index (χ4n) is 1.55. The highest BCUT2D eigenvalue weighted by atomic mass is 14.6. The summed E-state index contributed by atoms with van der Waals surface area (Å²) in [5.41, 5.74) is 8.73. The summed E-state index contributed by atoms with van der Waals surface area (Å²) in [6, 6.07) is 8.65. The van der Waals surface area contributed by atoms with Crippen LogP contribution in [-0.2, 0) is 5.41 Å². The first-order chi connectivity index (χ1) is 6.95. The van der Waals surface area contributed by atoms with Crippen molar-refractivity contribution in [2.75, 3.05) is 0 Å². The van der Waals surface area contributed by atoms with Crippen LogP contribution in [0.15, 0.2) is 36.9 Å². The van der Waals surface area contributed by atoms with E-state index in [4.69, 9.17) is 5.73 Å². The zero-order valence-electron chi connectivity index (χ0n) is 9.96. The molecular formula is C14H21N. The van der Waals surface area contributed by atoms with Crippen molar-refractivity contribution < 1.29 is 0 Å². The standard InChI is InChI=1S/C14H21N/c1-5-6-13(15)11-7-9-12(10-8-11)14(2,3)4/h5,7-10,13H,1,6,15H2,2-4H3. The maximum atomic E-state index is 5.99. The number of benzene rings is 1. The van der Waals surface area contributed by atoms with Gasteiger partial charge in [-0.3, -0.25) is 0 Å². The van der Waals surface area contributed by atoms with Crippen LogP contribution in [0.2, 0.25) is 0 Å². The molecule has 1 heteroatoms. The van der Waals surface area contributed by atoms with Crippen LogP contribution >= 0.6 is 0 Å². The highest BCUT2D eigenvalue weighted by molar-refractivity contribution is 5.29. The molecule has 0 fully saturated rings. The Bertz CT molecular complexity index is 316. The quantitative estimate of drug-likeness (QED) is 0.747.